The van der Waals surface area contributed by atoms with Crippen molar-refractivity contribution >= 4 is 28.7 Å². The third-order valence-corrected chi connectivity index (χ3v) is 4.03. The van der Waals surface area contributed by atoms with Crippen molar-refractivity contribution in [1.29, 1.82) is 0 Å². The molecule has 122 valence electrons. The van der Waals surface area contributed by atoms with Crippen LogP contribution >= 0.6 is 0 Å². The summed E-state index contributed by atoms with van der Waals surface area (Å²) in [5.41, 5.74) is 5.17. The third-order valence-electron chi connectivity index (χ3n) is 4.03. The second-order valence-electron chi connectivity index (χ2n) is 5.80. The molecule has 4 nitrogen and oxygen atoms in total. The highest BCUT2D eigenvalue weighted by Crippen LogP contribution is 2.22. The molecule has 2 aromatic carbocycles. The average molecular weight is 326 g/mol. The lowest BCUT2D eigenvalue weighted by molar-refractivity contribution is 1.11. The van der Waals surface area contributed by atoms with E-state index in [1.165, 1.54) is 5.56 Å². The number of benzene rings is 2. The van der Waals surface area contributed by atoms with Gasteiger partial charge in [0, 0.05) is 23.8 Å². The van der Waals surface area contributed by atoms with Gasteiger partial charge in [0.15, 0.2) is 0 Å². The number of nitrogens with zero attached hydrogens (tertiary/aromatic N) is 2. The average Bonchev–Trinajstić information content (AvgIpc) is 3.09. The van der Waals surface area contributed by atoms with E-state index in [1.807, 2.05) is 42.5 Å². The Kier molecular flexibility index (Phi) is 4.25. The zero-order valence-electron chi connectivity index (χ0n) is 13.7. The summed E-state index contributed by atoms with van der Waals surface area (Å²) in [6.45, 7) is 0.795. The normalized spacial score (nSPS) is 11.2. The second-order valence-corrected chi connectivity index (χ2v) is 5.80. The van der Waals surface area contributed by atoms with Crippen molar-refractivity contribution in [2.24, 2.45) is 0 Å². The maximum absolute atomic E-state index is 4.40. The molecular formula is C21H18N4. The zero-order chi connectivity index (χ0) is 16.9. The highest BCUT2D eigenvalue weighted by molar-refractivity contribution is 5.91. The maximum atomic E-state index is 4.40. The number of aromatic nitrogens is 3. The number of pyridine rings is 1. The van der Waals surface area contributed by atoms with Crippen LogP contribution in [0.4, 0.5) is 5.69 Å². The topological polar surface area (TPSA) is 53.6 Å². The molecule has 0 unspecified atom stereocenters. The largest absolute Gasteiger partial charge is 0.381 e. The number of fused-ring (bicyclic) bond motifs is 1. The van der Waals surface area contributed by atoms with Crippen molar-refractivity contribution < 1.29 is 0 Å². The fourth-order valence-electron chi connectivity index (χ4n) is 2.71. The highest BCUT2D eigenvalue weighted by atomic mass is 15.1. The third kappa shape index (κ3) is 3.58. The molecule has 4 heteroatoms. The minimum absolute atomic E-state index is 0.795. The molecule has 0 aliphatic rings. The van der Waals surface area contributed by atoms with E-state index in [0.29, 0.717) is 0 Å². The summed E-state index contributed by atoms with van der Waals surface area (Å²) in [5, 5.41) is 12.0. The van der Waals surface area contributed by atoms with Crippen LogP contribution < -0.4 is 5.32 Å². The van der Waals surface area contributed by atoms with Gasteiger partial charge in [-0.2, -0.15) is 5.10 Å². The molecule has 0 saturated carbocycles. The van der Waals surface area contributed by atoms with Gasteiger partial charge in [0.05, 0.1) is 16.9 Å². The van der Waals surface area contributed by atoms with E-state index < -0.39 is 0 Å². The van der Waals surface area contributed by atoms with Crippen molar-refractivity contribution in [3.8, 4) is 0 Å². The van der Waals surface area contributed by atoms with Crippen LogP contribution in [-0.4, -0.2) is 15.2 Å². The lowest BCUT2D eigenvalue weighted by atomic mass is 10.1. The van der Waals surface area contributed by atoms with Crippen molar-refractivity contribution in [1.82, 2.24) is 15.2 Å². The maximum Gasteiger partial charge on any atom is 0.0928 e. The molecule has 0 aliphatic heterocycles. The molecule has 2 N–H and O–H groups in total. The molecule has 0 spiro atoms. The predicted octanol–water partition coefficient (Wildman–Crippen LogP) is 4.74. The monoisotopic (exact) mass is 326 g/mol. The van der Waals surface area contributed by atoms with Crippen LogP contribution in [0.5, 0.6) is 0 Å². The van der Waals surface area contributed by atoms with Crippen molar-refractivity contribution in [3.63, 3.8) is 0 Å². The first-order valence-electron chi connectivity index (χ1n) is 8.23. The van der Waals surface area contributed by atoms with Crippen LogP contribution in [0.3, 0.4) is 0 Å². The molecule has 4 aromatic rings. The van der Waals surface area contributed by atoms with E-state index in [0.717, 1.165) is 34.5 Å². The zero-order valence-corrected chi connectivity index (χ0v) is 13.7. The SMILES string of the molecule is C(=Cc1n[nH]c2ccc(NCc3ccccc3)cc12)c1ccccn1. The number of nitrogens with one attached hydrogen (secondary N) is 2. The molecule has 0 radical (unpaired) electrons. The fraction of sp³-hybridized carbons (Fsp3) is 0.0476. The van der Waals surface area contributed by atoms with E-state index >= 15 is 0 Å². The van der Waals surface area contributed by atoms with Gasteiger partial charge in [0.25, 0.3) is 0 Å². The van der Waals surface area contributed by atoms with E-state index in [-0.39, 0.29) is 0 Å². The Balaban J connectivity index is 1.56. The number of hydrogen-bond donors (Lipinski definition) is 2. The van der Waals surface area contributed by atoms with Crippen LogP contribution in [0, 0.1) is 0 Å². The summed E-state index contributed by atoms with van der Waals surface area (Å²) in [6, 6.07) is 22.5. The van der Waals surface area contributed by atoms with E-state index in [2.05, 4.69) is 56.9 Å². The number of anilines is 1. The van der Waals surface area contributed by atoms with Gasteiger partial charge in [-0.25, -0.2) is 0 Å². The van der Waals surface area contributed by atoms with Gasteiger partial charge >= 0.3 is 0 Å². The Hall–Kier alpha value is -3.40. The van der Waals surface area contributed by atoms with E-state index in [4.69, 9.17) is 0 Å². The van der Waals surface area contributed by atoms with E-state index in [9.17, 15) is 0 Å². The van der Waals surface area contributed by atoms with E-state index in [1.54, 1.807) is 6.20 Å². The standard InChI is InChI=1S/C21H18N4/c1-2-6-16(7-3-1)15-23-18-10-12-21-19(14-18)20(24-25-21)11-9-17-8-4-5-13-22-17/h1-14,23H,15H2,(H,24,25). The van der Waals surface area contributed by atoms with Gasteiger partial charge in [0.2, 0.25) is 0 Å². The Bertz CT molecular complexity index is 988. The van der Waals surface area contributed by atoms with Crippen LogP contribution in [0.15, 0.2) is 72.9 Å². The number of rotatable bonds is 5. The molecule has 0 bridgehead atoms. The van der Waals surface area contributed by atoms with Crippen molar-refractivity contribution in [3.05, 3.63) is 89.9 Å². The van der Waals surface area contributed by atoms with Crippen LogP contribution in [0.25, 0.3) is 23.1 Å². The molecule has 0 atom stereocenters. The van der Waals surface area contributed by atoms with Gasteiger partial charge in [-0.1, -0.05) is 36.4 Å². The smallest absolute Gasteiger partial charge is 0.0928 e. The number of H-pyrrole nitrogens is 1. The van der Waals surface area contributed by atoms with Crippen molar-refractivity contribution in [2.75, 3.05) is 5.32 Å². The molecule has 0 amide bonds. The van der Waals surface area contributed by atoms with Crippen molar-refractivity contribution in [2.45, 2.75) is 6.54 Å². The Morgan fingerprint density at radius 3 is 2.64 bits per heavy atom. The number of hydrogen-bond acceptors (Lipinski definition) is 3. The Morgan fingerprint density at radius 1 is 0.920 bits per heavy atom. The lowest BCUT2D eigenvalue weighted by Crippen LogP contribution is -1.98. The quantitative estimate of drug-likeness (QED) is 0.557. The molecule has 2 heterocycles. The molecule has 0 saturated heterocycles. The van der Waals surface area contributed by atoms with Gasteiger partial charge in [-0.05, 0) is 48.0 Å². The first kappa shape index (κ1) is 15.1. The fourth-order valence-corrected chi connectivity index (χ4v) is 2.71. The summed E-state index contributed by atoms with van der Waals surface area (Å²) in [5.74, 6) is 0. The molecule has 2 aromatic heterocycles. The lowest BCUT2D eigenvalue weighted by Gasteiger charge is -2.06. The highest BCUT2D eigenvalue weighted by Gasteiger charge is 2.04. The van der Waals surface area contributed by atoms with Gasteiger partial charge in [-0.3, -0.25) is 10.1 Å². The summed E-state index contributed by atoms with van der Waals surface area (Å²) in [7, 11) is 0. The summed E-state index contributed by atoms with van der Waals surface area (Å²) in [6.07, 6.45) is 5.75. The van der Waals surface area contributed by atoms with Crippen LogP contribution in [-0.2, 0) is 6.54 Å². The van der Waals surface area contributed by atoms with Crippen LogP contribution in [0.2, 0.25) is 0 Å². The second kappa shape index (κ2) is 7.01. The Labute approximate surface area is 146 Å². The number of aromatic amines is 1. The van der Waals surface area contributed by atoms with Crippen LogP contribution in [0.1, 0.15) is 17.0 Å². The molecule has 4 rings (SSSR count). The first-order valence-corrected chi connectivity index (χ1v) is 8.23. The molecule has 25 heavy (non-hydrogen) atoms. The van der Waals surface area contributed by atoms with Gasteiger partial charge < -0.3 is 5.32 Å². The summed E-state index contributed by atoms with van der Waals surface area (Å²) < 4.78 is 0. The summed E-state index contributed by atoms with van der Waals surface area (Å²) in [4.78, 5) is 4.30. The minimum Gasteiger partial charge on any atom is -0.381 e. The molecule has 0 fully saturated rings. The Morgan fingerprint density at radius 2 is 1.80 bits per heavy atom. The van der Waals surface area contributed by atoms with Gasteiger partial charge in [0.1, 0.15) is 0 Å². The van der Waals surface area contributed by atoms with Gasteiger partial charge in [-0.15, -0.1) is 0 Å². The minimum atomic E-state index is 0.795. The molecular weight excluding hydrogens is 308 g/mol. The predicted molar refractivity (Wildman–Crippen MR) is 103 cm³/mol. The molecule has 0 aliphatic carbocycles. The summed E-state index contributed by atoms with van der Waals surface area (Å²) >= 11 is 0. The first-order chi connectivity index (χ1) is 12.4.